The molecule has 8 nitrogen and oxygen atoms in total. The number of carbonyl (C=O) groups excluding carboxylic acids is 1. The third-order valence-electron chi connectivity index (χ3n) is 5.13. The summed E-state index contributed by atoms with van der Waals surface area (Å²) in [7, 11) is 4.92. The SMILES string of the molecule is COC(=O)c1c(-c2cccc(OCCN(C)C)c2Cl)c[nH]c1-c1cnn(C[C@H](C)O)c1C(F)(F)F. The molecular formula is C23H26ClF3N4O4. The molecule has 0 bridgehead atoms. The number of carbonyl (C=O) groups is 1. The van der Waals surface area contributed by atoms with Crippen LogP contribution in [0.25, 0.3) is 22.4 Å². The second kappa shape index (κ2) is 10.7. The van der Waals surface area contributed by atoms with Crippen LogP contribution in [-0.4, -0.2) is 71.2 Å². The van der Waals surface area contributed by atoms with Gasteiger partial charge in [0.1, 0.15) is 12.4 Å². The quantitative estimate of drug-likeness (QED) is 0.413. The number of methoxy groups -OCH3 is 1. The van der Waals surface area contributed by atoms with Crippen molar-refractivity contribution in [1.82, 2.24) is 19.7 Å². The number of rotatable bonds is 9. The molecule has 35 heavy (non-hydrogen) atoms. The van der Waals surface area contributed by atoms with Crippen LogP contribution in [0, 0.1) is 0 Å². The molecular weight excluding hydrogens is 489 g/mol. The number of aromatic amines is 1. The van der Waals surface area contributed by atoms with Crippen molar-refractivity contribution in [3.8, 4) is 28.1 Å². The normalized spacial score (nSPS) is 12.7. The van der Waals surface area contributed by atoms with Crippen LogP contribution in [0.2, 0.25) is 5.02 Å². The number of aromatic nitrogens is 3. The summed E-state index contributed by atoms with van der Waals surface area (Å²) in [5, 5.41) is 13.6. The lowest BCUT2D eigenvalue weighted by molar-refractivity contribution is -0.144. The van der Waals surface area contributed by atoms with Crippen LogP contribution in [-0.2, 0) is 17.5 Å². The average Bonchev–Trinajstić information content (AvgIpc) is 3.37. The molecule has 0 amide bonds. The van der Waals surface area contributed by atoms with Crippen LogP contribution in [0.1, 0.15) is 23.0 Å². The Morgan fingerprint density at radius 1 is 1.29 bits per heavy atom. The molecule has 3 aromatic rings. The third kappa shape index (κ3) is 5.80. The molecule has 12 heteroatoms. The molecule has 190 valence electrons. The third-order valence-corrected chi connectivity index (χ3v) is 5.52. The van der Waals surface area contributed by atoms with Crippen molar-refractivity contribution in [2.45, 2.75) is 25.7 Å². The Bertz CT molecular complexity index is 1190. The van der Waals surface area contributed by atoms with Crippen molar-refractivity contribution in [2.24, 2.45) is 0 Å². The van der Waals surface area contributed by atoms with E-state index in [-0.39, 0.29) is 34.0 Å². The van der Waals surface area contributed by atoms with Crippen LogP contribution in [0.5, 0.6) is 5.75 Å². The van der Waals surface area contributed by atoms with E-state index in [0.29, 0.717) is 29.1 Å². The molecule has 1 aromatic carbocycles. The fourth-order valence-corrected chi connectivity index (χ4v) is 3.87. The van der Waals surface area contributed by atoms with Gasteiger partial charge in [0.25, 0.3) is 0 Å². The number of H-pyrrole nitrogens is 1. The topological polar surface area (TPSA) is 92.6 Å². The number of nitrogens with one attached hydrogen (secondary N) is 1. The highest BCUT2D eigenvalue weighted by molar-refractivity contribution is 6.35. The maximum atomic E-state index is 14.0. The van der Waals surface area contributed by atoms with Gasteiger partial charge in [-0.2, -0.15) is 18.3 Å². The Hall–Kier alpha value is -3.02. The lowest BCUT2D eigenvalue weighted by Crippen LogP contribution is -2.21. The van der Waals surface area contributed by atoms with Gasteiger partial charge < -0.3 is 24.5 Å². The van der Waals surface area contributed by atoms with Crippen molar-refractivity contribution < 1.29 is 32.5 Å². The summed E-state index contributed by atoms with van der Waals surface area (Å²) in [5.74, 6) is -0.493. The summed E-state index contributed by atoms with van der Waals surface area (Å²) in [4.78, 5) is 17.5. The number of halogens is 4. The zero-order valence-corrected chi connectivity index (χ0v) is 20.4. The van der Waals surface area contributed by atoms with Gasteiger partial charge in [-0.15, -0.1) is 0 Å². The van der Waals surface area contributed by atoms with Gasteiger partial charge in [0.15, 0.2) is 5.69 Å². The van der Waals surface area contributed by atoms with E-state index in [0.717, 1.165) is 13.3 Å². The molecule has 0 radical (unpaired) electrons. The van der Waals surface area contributed by atoms with Crippen LogP contribution in [0.4, 0.5) is 13.2 Å². The highest BCUT2D eigenvalue weighted by Crippen LogP contribution is 2.43. The monoisotopic (exact) mass is 514 g/mol. The fraction of sp³-hybridized carbons (Fsp3) is 0.391. The molecule has 0 aliphatic carbocycles. The Labute approximate surface area is 205 Å². The molecule has 0 unspecified atom stereocenters. The Kier molecular flexibility index (Phi) is 8.14. The molecule has 0 fully saturated rings. The summed E-state index contributed by atoms with van der Waals surface area (Å²) < 4.78 is 53.3. The largest absolute Gasteiger partial charge is 0.491 e. The zero-order valence-electron chi connectivity index (χ0n) is 19.6. The fourth-order valence-electron chi connectivity index (χ4n) is 3.59. The number of esters is 1. The average molecular weight is 515 g/mol. The van der Waals surface area contributed by atoms with Gasteiger partial charge in [0.05, 0.1) is 42.2 Å². The van der Waals surface area contributed by atoms with Gasteiger partial charge in [-0.3, -0.25) is 4.68 Å². The van der Waals surface area contributed by atoms with E-state index in [2.05, 4.69) is 10.1 Å². The number of nitrogens with zero attached hydrogens (tertiary/aromatic N) is 3. The molecule has 0 aliphatic heterocycles. The van der Waals surface area contributed by atoms with Crippen molar-refractivity contribution in [2.75, 3.05) is 34.4 Å². The zero-order chi connectivity index (χ0) is 25.9. The van der Waals surface area contributed by atoms with Gasteiger partial charge in [-0.1, -0.05) is 23.7 Å². The summed E-state index contributed by atoms with van der Waals surface area (Å²) in [6.07, 6.45) is -3.50. The minimum atomic E-state index is -4.81. The van der Waals surface area contributed by atoms with E-state index >= 15 is 0 Å². The molecule has 2 heterocycles. The Morgan fingerprint density at radius 2 is 2.00 bits per heavy atom. The minimum Gasteiger partial charge on any atom is -0.491 e. The van der Waals surface area contributed by atoms with Crippen molar-refractivity contribution in [3.63, 3.8) is 0 Å². The van der Waals surface area contributed by atoms with Crippen molar-refractivity contribution >= 4 is 17.6 Å². The highest BCUT2D eigenvalue weighted by atomic mass is 35.5. The lowest BCUT2D eigenvalue weighted by Gasteiger charge is -2.15. The first-order valence-electron chi connectivity index (χ1n) is 10.6. The maximum Gasteiger partial charge on any atom is 0.433 e. The first-order valence-corrected chi connectivity index (χ1v) is 11.0. The lowest BCUT2D eigenvalue weighted by atomic mass is 9.99. The Balaban J connectivity index is 2.16. The summed E-state index contributed by atoms with van der Waals surface area (Å²) in [6.45, 7) is 1.96. The van der Waals surface area contributed by atoms with E-state index < -0.39 is 23.9 Å². The van der Waals surface area contributed by atoms with Crippen molar-refractivity contribution in [3.05, 3.63) is 46.9 Å². The van der Waals surface area contributed by atoms with Gasteiger partial charge >= 0.3 is 12.1 Å². The molecule has 0 spiro atoms. The highest BCUT2D eigenvalue weighted by Gasteiger charge is 2.40. The van der Waals surface area contributed by atoms with Crippen LogP contribution in [0.15, 0.2) is 30.6 Å². The van der Waals surface area contributed by atoms with Gasteiger partial charge in [-0.05, 0) is 27.1 Å². The molecule has 2 aromatic heterocycles. The van der Waals surface area contributed by atoms with E-state index in [4.69, 9.17) is 21.1 Å². The van der Waals surface area contributed by atoms with Crippen LogP contribution in [0.3, 0.4) is 0 Å². The van der Waals surface area contributed by atoms with Gasteiger partial charge in [0, 0.05) is 29.4 Å². The number of alkyl halides is 3. The standard InChI is InChI=1S/C23H26ClF3N4O4/c1-13(32)12-31-21(23(25,26)27)16(11-29-31)20-18(22(33)34-4)15(10-28-20)14-6-5-7-17(19(14)24)35-9-8-30(2)3/h5-7,10-11,13,28,32H,8-9,12H2,1-4H3/t13-/m0/s1. The number of benzene rings is 1. The number of ether oxygens (including phenoxy) is 2. The van der Waals surface area contributed by atoms with Crippen LogP contribution < -0.4 is 4.74 Å². The maximum absolute atomic E-state index is 14.0. The van der Waals surface area contributed by atoms with Gasteiger partial charge in [-0.25, -0.2) is 4.79 Å². The molecule has 1 atom stereocenters. The Morgan fingerprint density at radius 3 is 2.60 bits per heavy atom. The summed E-state index contributed by atoms with van der Waals surface area (Å²) >= 11 is 6.57. The van der Waals surface area contributed by atoms with Crippen LogP contribution >= 0.6 is 11.6 Å². The number of hydrogen-bond acceptors (Lipinski definition) is 6. The first-order chi connectivity index (χ1) is 16.5. The predicted octanol–water partition coefficient (Wildman–Crippen LogP) is 4.33. The second-order valence-corrected chi connectivity index (χ2v) is 8.53. The number of hydrogen-bond donors (Lipinski definition) is 2. The number of aliphatic hydroxyl groups is 1. The van der Waals surface area contributed by atoms with E-state index in [1.165, 1.54) is 13.1 Å². The van der Waals surface area contributed by atoms with E-state index in [1.807, 2.05) is 19.0 Å². The molecule has 0 saturated carbocycles. The molecule has 2 N–H and O–H groups in total. The molecule has 3 rings (SSSR count). The summed E-state index contributed by atoms with van der Waals surface area (Å²) in [6, 6.07) is 4.96. The summed E-state index contributed by atoms with van der Waals surface area (Å²) in [5.41, 5.74) is -1.12. The molecule has 0 aliphatic rings. The van der Waals surface area contributed by atoms with E-state index in [9.17, 15) is 23.1 Å². The van der Waals surface area contributed by atoms with E-state index in [1.54, 1.807) is 18.2 Å². The smallest absolute Gasteiger partial charge is 0.433 e. The number of likely N-dealkylation sites (N-methyl/N-ethyl adjacent to an activating group) is 1. The van der Waals surface area contributed by atoms with Gasteiger partial charge in [0.2, 0.25) is 0 Å². The molecule has 0 saturated heterocycles. The second-order valence-electron chi connectivity index (χ2n) is 8.15. The predicted molar refractivity (Wildman–Crippen MR) is 125 cm³/mol. The van der Waals surface area contributed by atoms with Crippen molar-refractivity contribution in [1.29, 1.82) is 0 Å². The minimum absolute atomic E-state index is 0.133. The number of aliphatic hydroxyl groups excluding tert-OH is 1. The first kappa shape index (κ1) is 26.6.